The number of aliphatic hydroxyl groups is 8. The molecule has 0 aromatic carbocycles. The van der Waals surface area contributed by atoms with E-state index in [2.05, 4.69) is 56.5 Å². The third-order valence-electron chi connectivity index (χ3n) is 14.2. The summed E-state index contributed by atoms with van der Waals surface area (Å²) >= 11 is 2.50. The maximum atomic E-state index is 15.1. The molecule has 0 radical (unpaired) electrons. The maximum Gasteiger partial charge on any atom is 0.404 e. The molecule has 6 heterocycles. The smallest absolute Gasteiger partial charge is 0.404 e. The lowest BCUT2D eigenvalue weighted by atomic mass is 9.96. The Bertz CT molecular complexity index is 3090. The molecule has 37 nitrogen and oxygen atoms in total. The van der Waals surface area contributed by atoms with Crippen LogP contribution in [0.1, 0.15) is 82.4 Å². The van der Waals surface area contributed by atoms with Gasteiger partial charge in [-0.15, -0.1) is 22.7 Å². The Balaban J connectivity index is 1.31. The summed E-state index contributed by atoms with van der Waals surface area (Å²) < 4.78 is 28.7. The molecule has 0 spiro atoms. The lowest BCUT2D eigenvalue weighted by Crippen LogP contribution is -2.65. The highest BCUT2D eigenvalue weighted by Crippen LogP contribution is 2.35. The molecule has 2 aliphatic heterocycles. The number of aliphatic hydroxyl groups excluding tert-OH is 8. The predicted octanol–water partition coefficient (Wildman–Crippen LogP) is -7.89. The summed E-state index contributed by atoms with van der Waals surface area (Å²) in [7, 11) is 0. The van der Waals surface area contributed by atoms with Crippen LogP contribution in [0.2, 0.25) is 0 Å². The number of carbonyl (C=O) groups excluding carboxylic acids is 8. The first-order valence-electron chi connectivity index (χ1n) is 27.2. The van der Waals surface area contributed by atoms with Crippen LogP contribution in [0.3, 0.4) is 0 Å². The summed E-state index contributed by atoms with van der Waals surface area (Å²) in [6.07, 6.45) is -24.4. The van der Waals surface area contributed by atoms with Crippen molar-refractivity contribution >= 4 is 76.3 Å². The Morgan fingerprint density at radius 3 is 2.11 bits per heavy atom. The van der Waals surface area contributed by atoms with Crippen LogP contribution in [0.4, 0.5) is 10.6 Å². The van der Waals surface area contributed by atoms with E-state index in [1.54, 1.807) is 10.8 Å². The second-order valence-corrected chi connectivity index (χ2v) is 22.5. The third-order valence-corrected chi connectivity index (χ3v) is 16.0. The number of aromatic nitrogens is 6. The minimum absolute atomic E-state index is 0.00393. The van der Waals surface area contributed by atoms with Crippen molar-refractivity contribution < 1.29 is 103 Å². The van der Waals surface area contributed by atoms with Crippen LogP contribution in [-0.2, 0) is 54.1 Å². The number of anilines is 1. The number of nitrogen functional groups attached to an aromatic ring is 1. The molecule has 4 aromatic heterocycles. The highest BCUT2D eigenvalue weighted by Gasteiger charge is 2.54. The van der Waals surface area contributed by atoms with E-state index in [1.807, 2.05) is 0 Å². The number of nitrogens with one attached hydrogen (secondary N) is 6. The number of thiazole rings is 2. The van der Waals surface area contributed by atoms with Gasteiger partial charge in [-0.1, -0.05) is 6.92 Å². The molecule has 0 bridgehead atoms. The van der Waals surface area contributed by atoms with E-state index in [-0.39, 0.29) is 48.1 Å². The number of ether oxygens (including phenoxy) is 5. The quantitative estimate of drug-likeness (QED) is 0.0208. The minimum atomic E-state index is -2.19. The van der Waals surface area contributed by atoms with Crippen molar-refractivity contribution in [3.05, 3.63) is 56.8 Å². The molecule has 490 valence electrons. The summed E-state index contributed by atoms with van der Waals surface area (Å²) in [6.45, 7) is 2.65. The number of hydrogen-bond acceptors (Lipinski definition) is 31. The molecule has 2 aliphatic rings. The van der Waals surface area contributed by atoms with E-state index in [0.717, 1.165) is 12.5 Å². The standard InChI is InChI=1S/C50H72N16O21S2/c1-16-29(63-42(66-40(16)53)22(7-27(52)71)58-8-21(51)41(54)77)45(80)65-31(37(23-9-56-15-59-23)85-49-39(35(75)33(73)25(11-68)84-49)86-48-36(76)38(87-50(55)82)34(74)26(12-69)83-48)46(81)60-18(3)32(72)17(2)43(78)64-30(19(4)70)44(79)57-6-5-28-62-24(14-88-28)47-61-20(10-67)13-89-47/h9-10,13-15,17-19,21-22,25-26,30-39,48-49,58,68-70,72-76H,5-8,11-12,51H2,1-4H3,(H2,52,71)(H2,54,77)(H2,55,82)(H,56,59)(H,57,79)(H,60,81)(H,64,78)(H,65,80)(H2,53,63,66)/t17?,18?,19?,21?,22?,25-,26+,30?,31?,32?,33+,34+,35+,36-,37?,38-,39-,48+,49-/m0/s1. The van der Waals surface area contributed by atoms with Gasteiger partial charge in [0.1, 0.15) is 94.6 Å². The van der Waals surface area contributed by atoms with E-state index in [9.17, 15) is 74.4 Å². The third kappa shape index (κ3) is 17.9. The first-order chi connectivity index (χ1) is 42.1. The second kappa shape index (κ2) is 31.8. The Morgan fingerprint density at radius 2 is 1.51 bits per heavy atom. The van der Waals surface area contributed by atoms with Crippen molar-refractivity contribution in [1.82, 2.24) is 56.5 Å². The van der Waals surface area contributed by atoms with Gasteiger partial charge in [0.2, 0.25) is 29.5 Å². The van der Waals surface area contributed by atoms with Crippen LogP contribution in [0.15, 0.2) is 23.3 Å². The summed E-state index contributed by atoms with van der Waals surface area (Å²) in [5.41, 5.74) is 28.0. The van der Waals surface area contributed by atoms with E-state index in [1.165, 1.54) is 50.4 Å². The van der Waals surface area contributed by atoms with E-state index >= 15 is 4.79 Å². The van der Waals surface area contributed by atoms with Gasteiger partial charge in [-0.3, -0.25) is 33.6 Å². The number of nitrogens with zero attached hydrogens (tertiary/aromatic N) is 5. The average molecular weight is 1300 g/mol. The molecule has 19 atom stereocenters. The van der Waals surface area contributed by atoms with Gasteiger partial charge in [0.25, 0.3) is 5.91 Å². The highest BCUT2D eigenvalue weighted by molar-refractivity contribution is 7.14. The number of nitrogens with two attached hydrogens (primary N) is 5. The second-order valence-electron chi connectivity index (χ2n) is 20.7. The molecule has 4 aromatic rings. The molecule has 0 saturated carbocycles. The number of aromatic amines is 1. The molecular formula is C50H72N16O21S2. The lowest BCUT2D eigenvalue weighted by Gasteiger charge is -2.47. The van der Waals surface area contributed by atoms with Crippen molar-refractivity contribution in [2.45, 2.75) is 150 Å². The zero-order valence-corrected chi connectivity index (χ0v) is 49.6. The average Bonchev–Trinajstić information content (AvgIpc) is 2.75. The molecule has 6 rings (SSSR count). The van der Waals surface area contributed by atoms with Gasteiger partial charge in [-0.25, -0.2) is 29.7 Å². The monoisotopic (exact) mass is 1300 g/mol. The van der Waals surface area contributed by atoms with Crippen molar-refractivity contribution in [1.29, 1.82) is 0 Å². The predicted molar refractivity (Wildman–Crippen MR) is 303 cm³/mol. The van der Waals surface area contributed by atoms with Gasteiger partial charge in [0.05, 0.1) is 72.7 Å². The fraction of sp³-hybridized carbons (Fsp3) is 0.580. The molecule has 24 N–H and O–H groups in total. The number of imidazole rings is 1. The number of hydrogen-bond donors (Lipinski definition) is 19. The van der Waals surface area contributed by atoms with Crippen molar-refractivity contribution in [2.75, 3.05) is 32.0 Å². The molecule has 9 unspecified atom stereocenters. The Kier molecular flexibility index (Phi) is 25.3. The van der Waals surface area contributed by atoms with Gasteiger partial charge in [-0.05, 0) is 20.8 Å². The molecule has 89 heavy (non-hydrogen) atoms. The first-order valence-corrected chi connectivity index (χ1v) is 29.0. The summed E-state index contributed by atoms with van der Waals surface area (Å²) in [4.78, 5) is 128. The van der Waals surface area contributed by atoms with Crippen LogP contribution in [0.5, 0.6) is 0 Å². The molecule has 2 fully saturated rings. The molecule has 39 heteroatoms. The molecule has 2 saturated heterocycles. The Labute approximate surface area is 512 Å². The van der Waals surface area contributed by atoms with Crippen LogP contribution in [0.25, 0.3) is 10.7 Å². The largest absolute Gasteiger partial charge is 0.441 e. The van der Waals surface area contributed by atoms with Crippen LogP contribution in [0, 0.1) is 12.8 Å². The fourth-order valence-electron chi connectivity index (χ4n) is 9.11. The van der Waals surface area contributed by atoms with Gasteiger partial charge in [0, 0.05) is 42.3 Å². The van der Waals surface area contributed by atoms with Crippen molar-refractivity contribution in [3.8, 4) is 10.7 Å². The van der Waals surface area contributed by atoms with Gasteiger partial charge in [-0.2, -0.15) is 0 Å². The van der Waals surface area contributed by atoms with E-state index in [4.69, 9.17) is 52.4 Å². The number of carbonyl (C=O) groups is 8. The Morgan fingerprint density at radius 1 is 0.820 bits per heavy atom. The minimum Gasteiger partial charge on any atom is -0.441 e. The number of aldehydes is 1. The number of rotatable bonds is 31. The summed E-state index contributed by atoms with van der Waals surface area (Å²) in [5, 5.41) is 105. The molecular weight excluding hydrogens is 1220 g/mol. The summed E-state index contributed by atoms with van der Waals surface area (Å²) in [6, 6.07) is -7.82. The van der Waals surface area contributed by atoms with Crippen LogP contribution < -0.4 is 55.3 Å². The van der Waals surface area contributed by atoms with Gasteiger partial charge >= 0.3 is 6.09 Å². The number of amides is 7. The van der Waals surface area contributed by atoms with Crippen molar-refractivity contribution in [2.24, 2.45) is 28.9 Å². The SMILES string of the molecule is Cc1c(N)nc(C(CC(N)=O)NCC(N)C(N)=O)nc1C(=O)NC(C(=O)NC(C)C(O)C(C)C(=O)NC(C(=O)NCCc1nc(-c2nc(C=O)cs2)cs1)C(C)O)C(O[C@@H]1O[C@@H](CO)[C@@H](O)[C@@H](O)[C@@H]1O[C@H]1O[C@H](CO)[C@@H](O)[C@H](OC(N)=O)[C@@H]1O)c1cnc[nH]1. The molecule has 0 aliphatic carbocycles. The van der Waals surface area contributed by atoms with Gasteiger partial charge in [0.15, 0.2) is 25.0 Å². The van der Waals surface area contributed by atoms with E-state index in [0.29, 0.717) is 22.0 Å². The molecule has 7 amide bonds. The van der Waals surface area contributed by atoms with Crippen LogP contribution in [-0.4, -0.2) is 243 Å². The Hall–Kier alpha value is -7.45. The van der Waals surface area contributed by atoms with Crippen molar-refractivity contribution in [3.63, 3.8) is 0 Å². The highest BCUT2D eigenvalue weighted by atomic mass is 32.1. The lowest BCUT2D eigenvalue weighted by molar-refractivity contribution is -0.372. The topological polar surface area (TPSA) is 615 Å². The van der Waals surface area contributed by atoms with Gasteiger partial charge < -0.3 is 125 Å². The zero-order chi connectivity index (χ0) is 65.7. The number of primary amides is 3. The van der Waals surface area contributed by atoms with Crippen LogP contribution >= 0.6 is 22.7 Å². The normalized spacial score (nSPS) is 24.9. The summed E-state index contributed by atoms with van der Waals surface area (Å²) in [5.74, 6) is -8.37. The fourth-order valence-corrected chi connectivity index (χ4v) is 10.7. The zero-order valence-electron chi connectivity index (χ0n) is 47.9. The number of H-pyrrole nitrogens is 1. The van der Waals surface area contributed by atoms with E-state index < -0.39 is 183 Å². The first kappa shape index (κ1) is 70.6. The maximum absolute atomic E-state index is 15.1.